The summed E-state index contributed by atoms with van der Waals surface area (Å²) in [5, 5.41) is 0. The zero-order valence-corrected chi connectivity index (χ0v) is 7.02. The van der Waals surface area contributed by atoms with Crippen LogP contribution in [0.15, 0.2) is 24.3 Å². The summed E-state index contributed by atoms with van der Waals surface area (Å²) in [6.45, 7) is 4.01. The van der Waals surface area contributed by atoms with Gasteiger partial charge in [-0.15, -0.1) is 5.92 Å². The van der Waals surface area contributed by atoms with Crippen molar-refractivity contribution in [2.45, 2.75) is 20.3 Å². The van der Waals surface area contributed by atoms with Gasteiger partial charge in [-0.25, -0.2) is 0 Å². The summed E-state index contributed by atoms with van der Waals surface area (Å²) in [5.41, 5.74) is 2.47. The number of aryl methyl sites for hydroxylation is 1. The molecule has 11 heavy (non-hydrogen) atoms. The summed E-state index contributed by atoms with van der Waals surface area (Å²) in [4.78, 5) is 0. The molecule has 0 aromatic heterocycles. The van der Waals surface area contributed by atoms with E-state index in [4.69, 9.17) is 0 Å². The Bertz CT molecular complexity index is 286. The molecule has 0 unspecified atom stereocenters. The first-order valence-corrected chi connectivity index (χ1v) is 3.88. The summed E-state index contributed by atoms with van der Waals surface area (Å²) in [5.74, 6) is 5.92. The normalized spacial score (nSPS) is 8.55. The summed E-state index contributed by atoms with van der Waals surface area (Å²) in [6, 6.07) is 8.35. The van der Waals surface area contributed by atoms with Crippen molar-refractivity contribution >= 4 is 0 Å². The summed E-state index contributed by atoms with van der Waals surface area (Å²) >= 11 is 0. The maximum absolute atomic E-state index is 3.03. The van der Waals surface area contributed by atoms with Crippen LogP contribution in [0, 0.1) is 11.8 Å². The molecule has 1 rings (SSSR count). The first-order valence-electron chi connectivity index (χ1n) is 3.88. The Kier molecular flexibility index (Phi) is 2.74. The fraction of sp³-hybridized carbons (Fsp3) is 0.273. The molecular weight excluding hydrogens is 132 g/mol. The van der Waals surface area contributed by atoms with E-state index in [1.165, 1.54) is 5.56 Å². The zero-order valence-electron chi connectivity index (χ0n) is 7.02. The third kappa shape index (κ3) is 2.13. The highest BCUT2D eigenvalue weighted by atomic mass is 13.9. The lowest BCUT2D eigenvalue weighted by atomic mass is 10.1. The second-order valence-electron chi connectivity index (χ2n) is 2.43. The molecule has 1 aromatic carbocycles. The fourth-order valence-electron chi connectivity index (χ4n) is 1.01. The second kappa shape index (κ2) is 3.83. The smallest absolute Gasteiger partial charge is 0.0247 e. The molecule has 1 aromatic rings. The van der Waals surface area contributed by atoms with E-state index in [1.54, 1.807) is 0 Å². The van der Waals surface area contributed by atoms with E-state index < -0.39 is 0 Å². The van der Waals surface area contributed by atoms with Crippen LogP contribution in [0.2, 0.25) is 0 Å². The predicted molar refractivity (Wildman–Crippen MR) is 48.4 cm³/mol. The molecule has 0 aliphatic carbocycles. The van der Waals surface area contributed by atoms with Gasteiger partial charge in [0.2, 0.25) is 0 Å². The van der Waals surface area contributed by atoms with Crippen molar-refractivity contribution in [3.8, 4) is 11.8 Å². The Morgan fingerprint density at radius 3 is 2.82 bits per heavy atom. The van der Waals surface area contributed by atoms with Gasteiger partial charge in [-0.1, -0.05) is 25.0 Å². The van der Waals surface area contributed by atoms with Gasteiger partial charge in [-0.2, -0.15) is 0 Å². The van der Waals surface area contributed by atoms with Crippen LogP contribution in [-0.2, 0) is 6.42 Å². The molecule has 0 saturated heterocycles. The third-order valence-corrected chi connectivity index (χ3v) is 1.60. The third-order valence-electron chi connectivity index (χ3n) is 1.60. The van der Waals surface area contributed by atoms with Crippen molar-refractivity contribution < 1.29 is 0 Å². The van der Waals surface area contributed by atoms with E-state index >= 15 is 0 Å². The van der Waals surface area contributed by atoms with Gasteiger partial charge < -0.3 is 0 Å². The van der Waals surface area contributed by atoms with Crippen molar-refractivity contribution in [1.29, 1.82) is 0 Å². The highest BCUT2D eigenvalue weighted by Gasteiger charge is 1.88. The highest BCUT2D eigenvalue weighted by Crippen LogP contribution is 2.03. The summed E-state index contributed by atoms with van der Waals surface area (Å²) in [6.07, 6.45) is 1.08. The van der Waals surface area contributed by atoms with E-state index in [-0.39, 0.29) is 0 Å². The fourth-order valence-corrected chi connectivity index (χ4v) is 1.01. The van der Waals surface area contributed by atoms with Crippen LogP contribution < -0.4 is 0 Å². The molecule has 0 nitrogen and oxygen atoms in total. The Labute approximate surface area is 68.3 Å². The van der Waals surface area contributed by atoms with E-state index in [1.807, 2.05) is 13.0 Å². The van der Waals surface area contributed by atoms with Crippen LogP contribution in [-0.4, -0.2) is 0 Å². The molecule has 56 valence electrons. The molecule has 0 N–H and O–H groups in total. The van der Waals surface area contributed by atoms with Gasteiger partial charge in [-0.3, -0.25) is 0 Å². The van der Waals surface area contributed by atoms with Gasteiger partial charge in [-0.05, 0) is 31.0 Å². The minimum absolute atomic E-state index is 1.08. The van der Waals surface area contributed by atoms with E-state index in [0.29, 0.717) is 0 Å². The zero-order chi connectivity index (χ0) is 8.10. The number of benzene rings is 1. The molecule has 0 heterocycles. The van der Waals surface area contributed by atoms with Crippen molar-refractivity contribution in [2.24, 2.45) is 0 Å². The topological polar surface area (TPSA) is 0 Å². The second-order valence-corrected chi connectivity index (χ2v) is 2.43. The van der Waals surface area contributed by atoms with Crippen LogP contribution in [0.25, 0.3) is 0 Å². The van der Waals surface area contributed by atoms with E-state index in [2.05, 4.69) is 37.0 Å². The van der Waals surface area contributed by atoms with Gasteiger partial charge in [0.05, 0.1) is 0 Å². The Balaban J connectivity index is 2.97. The van der Waals surface area contributed by atoms with Crippen LogP contribution in [0.4, 0.5) is 0 Å². The molecule has 0 saturated carbocycles. The molecule has 0 atom stereocenters. The van der Waals surface area contributed by atoms with Crippen molar-refractivity contribution in [3.63, 3.8) is 0 Å². The predicted octanol–water partition coefficient (Wildman–Crippen LogP) is 2.62. The lowest BCUT2D eigenvalue weighted by Gasteiger charge is -1.95. The molecule has 0 radical (unpaired) electrons. The monoisotopic (exact) mass is 144 g/mol. The number of hydrogen-bond acceptors (Lipinski definition) is 0. The Morgan fingerprint density at radius 2 is 2.18 bits per heavy atom. The highest BCUT2D eigenvalue weighted by molar-refractivity contribution is 5.36. The van der Waals surface area contributed by atoms with Crippen LogP contribution in [0.3, 0.4) is 0 Å². The SMILES string of the molecule is CC#Cc1cccc(CC)c1. The van der Waals surface area contributed by atoms with E-state index in [9.17, 15) is 0 Å². The molecule has 0 fully saturated rings. The van der Waals surface area contributed by atoms with Crippen LogP contribution in [0.5, 0.6) is 0 Å². The lowest BCUT2D eigenvalue weighted by molar-refractivity contribution is 1.14. The van der Waals surface area contributed by atoms with Gasteiger partial charge in [0.15, 0.2) is 0 Å². The van der Waals surface area contributed by atoms with Gasteiger partial charge >= 0.3 is 0 Å². The van der Waals surface area contributed by atoms with E-state index in [0.717, 1.165) is 12.0 Å². The molecule has 0 heteroatoms. The molecule has 0 aliphatic heterocycles. The van der Waals surface area contributed by atoms with Gasteiger partial charge in [0.1, 0.15) is 0 Å². The Morgan fingerprint density at radius 1 is 1.36 bits per heavy atom. The van der Waals surface area contributed by atoms with Crippen molar-refractivity contribution in [3.05, 3.63) is 35.4 Å². The minimum Gasteiger partial charge on any atom is -0.101 e. The molecule has 0 amide bonds. The first-order chi connectivity index (χ1) is 5.36. The van der Waals surface area contributed by atoms with Crippen molar-refractivity contribution in [1.82, 2.24) is 0 Å². The van der Waals surface area contributed by atoms with Crippen LogP contribution >= 0.6 is 0 Å². The first kappa shape index (κ1) is 7.88. The quantitative estimate of drug-likeness (QED) is 0.531. The Hall–Kier alpha value is -1.22. The standard InChI is InChI=1S/C11H12/c1-3-6-11-8-5-7-10(4-2)9-11/h5,7-9H,4H2,1-2H3. The average molecular weight is 144 g/mol. The van der Waals surface area contributed by atoms with Crippen LogP contribution in [0.1, 0.15) is 25.0 Å². The molecular formula is C11H12. The maximum Gasteiger partial charge on any atom is 0.0247 e. The summed E-state index contributed by atoms with van der Waals surface area (Å²) in [7, 11) is 0. The molecule has 0 bridgehead atoms. The van der Waals surface area contributed by atoms with Crippen molar-refractivity contribution in [2.75, 3.05) is 0 Å². The number of rotatable bonds is 1. The minimum atomic E-state index is 1.08. The molecule has 0 spiro atoms. The maximum atomic E-state index is 3.03. The lowest BCUT2D eigenvalue weighted by Crippen LogP contribution is -1.80. The van der Waals surface area contributed by atoms with Gasteiger partial charge in [0.25, 0.3) is 0 Å². The number of hydrogen-bond donors (Lipinski definition) is 0. The largest absolute Gasteiger partial charge is 0.101 e. The average Bonchev–Trinajstić information content (AvgIpc) is 2.06. The molecule has 0 aliphatic rings. The summed E-state index contributed by atoms with van der Waals surface area (Å²) < 4.78 is 0. The van der Waals surface area contributed by atoms with Gasteiger partial charge in [0, 0.05) is 5.56 Å².